The van der Waals surface area contributed by atoms with E-state index in [4.69, 9.17) is 0 Å². The molecule has 1 saturated heterocycles. The number of alkyl halides is 2. The highest BCUT2D eigenvalue weighted by molar-refractivity contribution is 5.97. The molecule has 1 amide bonds. The van der Waals surface area contributed by atoms with Crippen LogP contribution in [0.25, 0.3) is 10.9 Å². The Morgan fingerprint density at radius 2 is 2.20 bits per heavy atom. The number of amides is 1. The van der Waals surface area contributed by atoms with Gasteiger partial charge in [0.25, 0.3) is 5.92 Å². The Bertz CT molecular complexity index is 665. The van der Waals surface area contributed by atoms with Gasteiger partial charge in [-0.25, -0.2) is 8.78 Å². The first-order valence-electron chi connectivity index (χ1n) is 6.44. The summed E-state index contributed by atoms with van der Waals surface area (Å²) < 4.78 is 26.1. The summed E-state index contributed by atoms with van der Waals surface area (Å²) in [5.41, 5.74) is 2.62. The number of H-pyrrole nitrogens is 1. The van der Waals surface area contributed by atoms with E-state index < -0.39 is 30.8 Å². The third kappa shape index (κ3) is 2.51. The zero-order valence-electron chi connectivity index (χ0n) is 11.0. The van der Waals surface area contributed by atoms with E-state index in [0.717, 1.165) is 16.6 Å². The number of aryl methyl sites for hydroxylation is 1. The summed E-state index contributed by atoms with van der Waals surface area (Å²) >= 11 is 0. The topological polar surface area (TPSA) is 56.9 Å². The summed E-state index contributed by atoms with van der Waals surface area (Å²) in [6.07, 6.45) is -0.454. The molecule has 3 N–H and O–H groups in total. The zero-order chi connectivity index (χ0) is 14.3. The summed E-state index contributed by atoms with van der Waals surface area (Å²) in [5.74, 6) is -3.22. The minimum atomic E-state index is -2.80. The molecule has 0 saturated carbocycles. The number of hydrogen-bond donors (Lipinski definition) is 3. The molecule has 20 heavy (non-hydrogen) atoms. The minimum absolute atomic E-state index is 0.422. The van der Waals surface area contributed by atoms with Crippen LogP contribution in [-0.4, -0.2) is 29.4 Å². The number of benzene rings is 1. The molecule has 0 spiro atoms. The molecular weight excluding hydrogens is 264 g/mol. The van der Waals surface area contributed by atoms with Gasteiger partial charge in [0.2, 0.25) is 5.91 Å². The number of anilines is 1. The van der Waals surface area contributed by atoms with E-state index in [9.17, 15) is 13.6 Å². The zero-order valence-corrected chi connectivity index (χ0v) is 11.0. The maximum Gasteiger partial charge on any atom is 0.262 e. The molecule has 2 aromatic rings. The number of aromatic amines is 1. The fourth-order valence-electron chi connectivity index (χ4n) is 2.49. The number of aromatic nitrogens is 1. The summed E-state index contributed by atoms with van der Waals surface area (Å²) in [6, 6.07) is 6.56. The van der Waals surface area contributed by atoms with E-state index in [-0.39, 0.29) is 0 Å². The molecule has 3 rings (SSSR count). The van der Waals surface area contributed by atoms with Crippen LogP contribution in [0, 0.1) is 6.92 Å². The lowest BCUT2D eigenvalue weighted by molar-refractivity contribution is -0.118. The lowest BCUT2D eigenvalue weighted by atomic mass is 10.1. The van der Waals surface area contributed by atoms with Crippen LogP contribution >= 0.6 is 0 Å². The Balaban J connectivity index is 1.74. The highest BCUT2D eigenvalue weighted by Gasteiger charge is 2.42. The number of nitrogens with one attached hydrogen (secondary N) is 3. The number of carbonyl (C=O) groups is 1. The second-order valence-corrected chi connectivity index (χ2v) is 5.24. The van der Waals surface area contributed by atoms with Crippen molar-refractivity contribution >= 4 is 22.5 Å². The molecule has 1 aliphatic rings. The van der Waals surface area contributed by atoms with Gasteiger partial charge in [-0.05, 0) is 31.2 Å². The Hall–Kier alpha value is -1.95. The van der Waals surface area contributed by atoms with Gasteiger partial charge in [0.1, 0.15) is 0 Å². The molecule has 0 bridgehead atoms. The largest absolute Gasteiger partial charge is 0.359 e. The summed E-state index contributed by atoms with van der Waals surface area (Å²) in [7, 11) is 0. The van der Waals surface area contributed by atoms with Gasteiger partial charge in [-0.15, -0.1) is 0 Å². The van der Waals surface area contributed by atoms with Gasteiger partial charge in [-0.1, -0.05) is 0 Å². The van der Waals surface area contributed by atoms with E-state index in [1.54, 1.807) is 6.07 Å². The van der Waals surface area contributed by atoms with Crippen LogP contribution in [0.5, 0.6) is 0 Å². The highest BCUT2D eigenvalue weighted by Crippen LogP contribution is 2.26. The molecule has 106 valence electrons. The van der Waals surface area contributed by atoms with Crippen LogP contribution in [0.3, 0.4) is 0 Å². The minimum Gasteiger partial charge on any atom is -0.359 e. The van der Waals surface area contributed by atoms with Gasteiger partial charge in [-0.3, -0.25) is 10.1 Å². The Morgan fingerprint density at radius 1 is 1.40 bits per heavy atom. The molecule has 1 fully saturated rings. The lowest BCUT2D eigenvalue weighted by Crippen LogP contribution is -2.35. The monoisotopic (exact) mass is 279 g/mol. The fraction of sp³-hybridized carbons (Fsp3) is 0.357. The number of fused-ring (bicyclic) bond motifs is 1. The first kappa shape index (κ1) is 13.1. The molecule has 6 heteroatoms. The molecule has 1 aromatic carbocycles. The van der Waals surface area contributed by atoms with E-state index >= 15 is 0 Å². The van der Waals surface area contributed by atoms with Crippen LogP contribution in [0.15, 0.2) is 24.3 Å². The first-order chi connectivity index (χ1) is 9.43. The molecule has 1 aliphatic heterocycles. The molecule has 4 nitrogen and oxygen atoms in total. The van der Waals surface area contributed by atoms with Crippen LogP contribution in [0.4, 0.5) is 14.5 Å². The third-order valence-corrected chi connectivity index (χ3v) is 3.45. The molecule has 1 aromatic heterocycles. The van der Waals surface area contributed by atoms with Crippen molar-refractivity contribution in [1.82, 2.24) is 10.3 Å². The summed E-state index contributed by atoms with van der Waals surface area (Å²) in [4.78, 5) is 15.1. The maximum absolute atomic E-state index is 13.1. The normalized spacial score (nSPS) is 21.2. The summed E-state index contributed by atoms with van der Waals surface area (Å²) in [6.45, 7) is 1.50. The van der Waals surface area contributed by atoms with Gasteiger partial charge in [0, 0.05) is 28.7 Å². The van der Waals surface area contributed by atoms with Crippen molar-refractivity contribution in [2.24, 2.45) is 0 Å². The molecule has 1 unspecified atom stereocenters. The molecular formula is C14H15F2N3O. The van der Waals surface area contributed by atoms with Crippen molar-refractivity contribution in [3.05, 3.63) is 30.0 Å². The van der Waals surface area contributed by atoms with Gasteiger partial charge < -0.3 is 10.3 Å². The average Bonchev–Trinajstić information content (AvgIpc) is 2.90. The standard InChI is InChI=1S/C14H15F2N3O/c1-8-4-9-5-10(2-3-11(9)18-8)19-13(20)12-6-14(15,16)7-17-12/h2-5,12,17-18H,6-7H2,1H3,(H,19,20). The number of halogens is 2. The van der Waals surface area contributed by atoms with Crippen molar-refractivity contribution < 1.29 is 13.6 Å². The molecule has 2 heterocycles. The van der Waals surface area contributed by atoms with Crippen LogP contribution < -0.4 is 10.6 Å². The number of rotatable bonds is 2. The highest BCUT2D eigenvalue weighted by atomic mass is 19.3. The number of hydrogen-bond acceptors (Lipinski definition) is 2. The Morgan fingerprint density at radius 3 is 2.90 bits per heavy atom. The predicted octanol–water partition coefficient (Wildman–Crippen LogP) is 2.41. The second kappa shape index (κ2) is 4.56. The Labute approximate surface area is 114 Å². The van der Waals surface area contributed by atoms with Gasteiger partial charge >= 0.3 is 0 Å². The van der Waals surface area contributed by atoms with E-state index in [1.807, 2.05) is 25.1 Å². The van der Waals surface area contributed by atoms with Crippen LogP contribution in [-0.2, 0) is 4.79 Å². The van der Waals surface area contributed by atoms with Gasteiger partial charge in [0.15, 0.2) is 0 Å². The SMILES string of the molecule is Cc1cc2cc(NC(=O)C3CC(F)(F)CN3)ccc2[nH]1. The molecule has 1 atom stereocenters. The number of carbonyl (C=O) groups excluding carboxylic acids is 1. The van der Waals surface area contributed by atoms with Crippen molar-refractivity contribution in [3.63, 3.8) is 0 Å². The van der Waals surface area contributed by atoms with Crippen molar-refractivity contribution in [2.45, 2.75) is 25.3 Å². The van der Waals surface area contributed by atoms with Crippen LogP contribution in [0.2, 0.25) is 0 Å². The second-order valence-electron chi connectivity index (χ2n) is 5.24. The van der Waals surface area contributed by atoms with E-state index in [1.165, 1.54) is 0 Å². The Kier molecular flexibility index (Phi) is 2.97. The smallest absolute Gasteiger partial charge is 0.262 e. The first-order valence-corrected chi connectivity index (χ1v) is 6.44. The predicted molar refractivity (Wildman–Crippen MR) is 73.0 cm³/mol. The van der Waals surface area contributed by atoms with Crippen LogP contribution in [0.1, 0.15) is 12.1 Å². The van der Waals surface area contributed by atoms with E-state index in [0.29, 0.717) is 5.69 Å². The van der Waals surface area contributed by atoms with Gasteiger partial charge in [-0.2, -0.15) is 0 Å². The van der Waals surface area contributed by atoms with Crippen molar-refractivity contribution in [1.29, 1.82) is 0 Å². The quantitative estimate of drug-likeness (QED) is 0.790. The maximum atomic E-state index is 13.1. The van der Waals surface area contributed by atoms with Crippen molar-refractivity contribution in [2.75, 3.05) is 11.9 Å². The average molecular weight is 279 g/mol. The fourth-order valence-corrected chi connectivity index (χ4v) is 2.49. The molecule has 0 radical (unpaired) electrons. The summed E-state index contributed by atoms with van der Waals surface area (Å²) in [5, 5.41) is 6.19. The van der Waals surface area contributed by atoms with Crippen molar-refractivity contribution in [3.8, 4) is 0 Å². The lowest BCUT2D eigenvalue weighted by Gasteiger charge is -2.11. The van der Waals surface area contributed by atoms with E-state index in [2.05, 4.69) is 15.6 Å². The van der Waals surface area contributed by atoms with Gasteiger partial charge in [0.05, 0.1) is 12.6 Å². The third-order valence-electron chi connectivity index (χ3n) is 3.45. The molecule has 0 aliphatic carbocycles.